The summed E-state index contributed by atoms with van der Waals surface area (Å²) in [5.41, 5.74) is 6.08. The van der Waals surface area contributed by atoms with Crippen molar-refractivity contribution in [2.75, 3.05) is 26.7 Å². The summed E-state index contributed by atoms with van der Waals surface area (Å²) in [5.74, 6) is 6.01. The summed E-state index contributed by atoms with van der Waals surface area (Å²) in [5, 5.41) is 3.62. The van der Waals surface area contributed by atoms with E-state index in [1.807, 2.05) is 6.92 Å². The summed E-state index contributed by atoms with van der Waals surface area (Å²) >= 11 is 0. The smallest absolute Gasteiger partial charge is 0.0331 e. The number of hydrogen-bond donors (Lipinski definition) is 2. The lowest BCUT2D eigenvalue weighted by Crippen LogP contribution is -2.59. The quantitative estimate of drug-likeness (QED) is 0.547. The molecule has 0 aromatic rings. The number of nitrogens with one attached hydrogen (secondary N) is 1. The van der Waals surface area contributed by atoms with Gasteiger partial charge < -0.3 is 16.0 Å². The van der Waals surface area contributed by atoms with E-state index in [-0.39, 0.29) is 5.54 Å². The van der Waals surface area contributed by atoms with Crippen LogP contribution in [-0.2, 0) is 0 Å². The Labute approximate surface area is 99.8 Å². The van der Waals surface area contributed by atoms with Crippen LogP contribution in [0.15, 0.2) is 0 Å². The van der Waals surface area contributed by atoms with Crippen molar-refractivity contribution in [2.45, 2.75) is 44.7 Å². The molecule has 1 aliphatic rings. The maximum Gasteiger partial charge on any atom is 0.0331 e. The van der Waals surface area contributed by atoms with Crippen LogP contribution in [0.2, 0.25) is 0 Å². The highest BCUT2D eigenvalue weighted by atomic mass is 15.2. The Morgan fingerprint density at radius 1 is 1.56 bits per heavy atom. The van der Waals surface area contributed by atoms with E-state index < -0.39 is 0 Å². The standard InChI is InChI=1S/C13H25N3/c1-4-5-6-8-15-13(11-14)7-9-16(3)12(2)10-13/h12,15H,6-11,14H2,1-3H3. The molecule has 16 heavy (non-hydrogen) atoms. The van der Waals surface area contributed by atoms with Gasteiger partial charge in [0.05, 0.1) is 0 Å². The molecule has 0 saturated carbocycles. The minimum Gasteiger partial charge on any atom is -0.329 e. The molecule has 0 spiro atoms. The zero-order valence-corrected chi connectivity index (χ0v) is 10.8. The van der Waals surface area contributed by atoms with Crippen LogP contribution in [0.5, 0.6) is 0 Å². The Hall–Kier alpha value is -0.560. The summed E-state index contributed by atoms with van der Waals surface area (Å²) < 4.78 is 0. The van der Waals surface area contributed by atoms with E-state index in [0.29, 0.717) is 6.04 Å². The predicted molar refractivity (Wildman–Crippen MR) is 69.2 cm³/mol. The number of hydrogen-bond acceptors (Lipinski definition) is 3. The van der Waals surface area contributed by atoms with Crippen molar-refractivity contribution >= 4 is 0 Å². The molecule has 3 nitrogen and oxygen atoms in total. The number of piperidine rings is 1. The fraction of sp³-hybridized carbons (Fsp3) is 0.846. The van der Waals surface area contributed by atoms with Gasteiger partial charge in [0.1, 0.15) is 0 Å². The van der Waals surface area contributed by atoms with Gasteiger partial charge >= 0.3 is 0 Å². The van der Waals surface area contributed by atoms with Crippen LogP contribution < -0.4 is 11.1 Å². The summed E-state index contributed by atoms with van der Waals surface area (Å²) in [6.45, 7) is 6.97. The molecule has 1 rings (SSSR count). The van der Waals surface area contributed by atoms with E-state index in [4.69, 9.17) is 5.73 Å². The fourth-order valence-corrected chi connectivity index (χ4v) is 2.37. The van der Waals surface area contributed by atoms with E-state index in [9.17, 15) is 0 Å². The molecule has 2 atom stereocenters. The first-order chi connectivity index (χ1) is 7.63. The third kappa shape index (κ3) is 3.48. The monoisotopic (exact) mass is 223 g/mol. The van der Waals surface area contributed by atoms with Crippen molar-refractivity contribution in [3.8, 4) is 11.8 Å². The SMILES string of the molecule is CC#CCCNC1(CN)CCN(C)C(C)C1. The van der Waals surface area contributed by atoms with Crippen LogP contribution in [0.3, 0.4) is 0 Å². The van der Waals surface area contributed by atoms with Gasteiger partial charge in [0, 0.05) is 31.1 Å². The lowest BCUT2D eigenvalue weighted by atomic mass is 9.83. The largest absolute Gasteiger partial charge is 0.329 e. The van der Waals surface area contributed by atoms with E-state index in [1.165, 1.54) is 0 Å². The second-order valence-corrected chi connectivity index (χ2v) is 4.87. The first-order valence-corrected chi connectivity index (χ1v) is 6.18. The van der Waals surface area contributed by atoms with Crippen LogP contribution in [-0.4, -0.2) is 43.2 Å². The van der Waals surface area contributed by atoms with Gasteiger partial charge in [0.25, 0.3) is 0 Å². The number of nitrogens with two attached hydrogens (primary N) is 1. The van der Waals surface area contributed by atoms with Crippen molar-refractivity contribution in [2.24, 2.45) is 5.73 Å². The highest BCUT2D eigenvalue weighted by Crippen LogP contribution is 2.24. The van der Waals surface area contributed by atoms with Crippen molar-refractivity contribution in [3.05, 3.63) is 0 Å². The van der Waals surface area contributed by atoms with Crippen molar-refractivity contribution in [1.82, 2.24) is 10.2 Å². The van der Waals surface area contributed by atoms with Gasteiger partial charge in [-0.3, -0.25) is 0 Å². The molecule has 1 heterocycles. The molecule has 3 heteroatoms. The summed E-state index contributed by atoms with van der Waals surface area (Å²) in [6.07, 6.45) is 3.20. The molecule has 0 aromatic heterocycles. The van der Waals surface area contributed by atoms with Gasteiger partial charge in [0.2, 0.25) is 0 Å². The van der Waals surface area contributed by atoms with Crippen LogP contribution >= 0.6 is 0 Å². The third-order valence-corrected chi connectivity index (χ3v) is 3.70. The Morgan fingerprint density at radius 3 is 2.88 bits per heavy atom. The first kappa shape index (κ1) is 13.5. The average Bonchev–Trinajstić information content (AvgIpc) is 2.30. The van der Waals surface area contributed by atoms with Crippen molar-refractivity contribution in [1.29, 1.82) is 0 Å². The van der Waals surface area contributed by atoms with Gasteiger partial charge in [-0.05, 0) is 40.3 Å². The molecule has 92 valence electrons. The van der Waals surface area contributed by atoms with Gasteiger partial charge in [-0.15, -0.1) is 11.8 Å². The zero-order valence-electron chi connectivity index (χ0n) is 10.8. The van der Waals surface area contributed by atoms with Gasteiger partial charge in [-0.25, -0.2) is 0 Å². The zero-order chi connectivity index (χ0) is 12.0. The molecule has 3 N–H and O–H groups in total. The molecule has 1 aliphatic heterocycles. The summed E-state index contributed by atoms with van der Waals surface area (Å²) in [6, 6.07) is 0.613. The third-order valence-electron chi connectivity index (χ3n) is 3.70. The number of rotatable bonds is 4. The maximum absolute atomic E-state index is 5.94. The molecule has 0 bridgehead atoms. The molecule has 0 aliphatic carbocycles. The van der Waals surface area contributed by atoms with E-state index in [1.54, 1.807) is 0 Å². The van der Waals surface area contributed by atoms with Crippen molar-refractivity contribution < 1.29 is 0 Å². The number of nitrogens with zero attached hydrogens (tertiary/aromatic N) is 1. The topological polar surface area (TPSA) is 41.3 Å². The second kappa shape index (κ2) is 6.24. The average molecular weight is 223 g/mol. The molecular formula is C13H25N3. The Morgan fingerprint density at radius 2 is 2.31 bits per heavy atom. The maximum atomic E-state index is 5.94. The minimum absolute atomic E-state index is 0.140. The van der Waals surface area contributed by atoms with E-state index in [0.717, 1.165) is 38.9 Å². The second-order valence-electron chi connectivity index (χ2n) is 4.87. The molecule has 2 unspecified atom stereocenters. The highest BCUT2D eigenvalue weighted by Gasteiger charge is 2.35. The predicted octanol–water partition coefficient (Wildman–Crippen LogP) is 0.801. The molecule has 1 fully saturated rings. The lowest BCUT2D eigenvalue weighted by Gasteiger charge is -2.44. The van der Waals surface area contributed by atoms with Crippen LogP contribution in [0, 0.1) is 11.8 Å². The highest BCUT2D eigenvalue weighted by molar-refractivity contribution is 4.99. The molecule has 0 amide bonds. The number of likely N-dealkylation sites (tertiary alicyclic amines) is 1. The molecule has 0 aromatic carbocycles. The molecule has 1 saturated heterocycles. The lowest BCUT2D eigenvalue weighted by molar-refractivity contribution is 0.112. The molecule has 0 radical (unpaired) electrons. The van der Waals surface area contributed by atoms with Crippen molar-refractivity contribution in [3.63, 3.8) is 0 Å². The van der Waals surface area contributed by atoms with Crippen LogP contribution in [0.1, 0.15) is 33.1 Å². The molecular weight excluding hydrogens is 198 g/mol. The van der Waals surface area contributed by atoms with Crippen LogP contribution in [0.4, 0.5) is 0 Å². The Balaban J connectivity index is 2.46. The van der Waals surface area contributed by atoms with Gasteiger partial charge in [-0.1, -0.05) is 0 Å². The van der Waals surface area contributed by atoms with Gasteiger partial charge in [0.15, 0.2) is 0 Å². The van der Waals surface area contributed by atoms with Crippen LogP contribution in [0.25, 0.3) is 0 Å². The van der Waals surface area contributed by atoms with E-state index in [2.05, 4.69) is 36.0 Å². The Bertz CT molecular complexity index is 266. The minimum atomic E-state index is 0.140. The van der Waals surface area contributed by atoms with Gasteiger partial charge in [-0.2, -0.15) is 0 Å². The Kier molecular flexibility index (Phi) is 5.27. The first-order valence-electron chi connectivity index (χ1n) is 6.18. The fourth-order valence-electron chi connectivity index (χ4n) is 2.37. The van der Waals surface area contributed by atoms with E-state index >= 15 is 0 Å². The normalized spacial score (nSPS) is 30.9. The summed E-state index contributed by atoms with van der Waals surface area (Å²) in [4.78, 5) is 2.40. The summed E-state index contributed by atoms with van der Waals surface area (Å²) in [7, 11) is 2.19.